The fraction of sp³-hybridized carbons (Fsp3) is 0. The van der Waals surface area contributed by atoms with E-state index in [2.05, 4.69) is 137 Å². The Morgan fingerprint density at radius 3 is 1.95 bits per heavy atom. The fourth-order valence-electron chi connectivity index (χ4n) is 4.08. The molecule has 0 spiro atoms. The third-order valence-electron chi connectivity index (χ3n) is 5.85. The summed E-state index contributed by atoms with van der Waals surface area (Å²) in [7, 11) is 0. The van der Waals surface area contributed by atoms with Gasteiger partial charge in [-0.25, -0.2) is 0 Å². The van der Waals surface area contributed by atoms with Gasteiger partial charge in [0.2, 0.25) is 0 Å². The van der Waals surface area contributed by atoms with Crippen molar-refractivity contribution in [1.82, 2.24) is 0 Å². The molecule has 5 aromatic rings. The molecule has 1 aliphatic rings. The van der Waals surface area contributed by atoms with Crippen molar-refractivity contribution in [2.45, 2.75) is 0 Å². The molecule has 0 unspecified atom stereocenters. The van der Waals surface area contributed by atoms with E-state index < -0.39 is 0 Å². The zero-order valence-corrected chi connectivity index (χ0v) is 26.8. The van der Waals surface area contributed by atoms with Crippen LogP contribution >= 0.6 is 0 Å². The molecule has 0 saturated heterocycles. The molecule has 0 fully saturated rings. The SMILES string of the molecule is C1=C(c2ccccc2)[Se]C(c2ccc[se]2)=C/C1=C/C=C/c1cc(-c2ccccc2)[se+]c(-c2ccc[se]2)c1. The van der Waals surface area contributed by atoms with Gasteiger partial charge in [-0.05, 0) is 0 Å². The van der Waals surface area contributed by atoms with E-state index in [1.165, 1.54) is 49.0 Å². The van der Waals surface area contributed by atoms with Crippen LogP contribution in [0.2, 0.25) is 0 Å². The maximum absolute atomic E-state index is 2.41. The van der Waals surface area contributed by atoms with E-state index in [1.54, 1.807) is 0 Å². The summed E-state index contributed by atoms with van der Waals surface area (Å²) in [6.45, 7) is 0. The number of hydrogen-bond donors (Lipinski definition) is 0. The van der Waals surface area contributed by atoms with Crippen molar-refractivity contribution >= 4 is 73.5 Å². The molecule has 178 valence electrons. The average molecular weight is 735 g/mol. The second kappa shape index (κ2) is 12.1. The number of rotatable bonds is 6. The topological polar surface area (TPSA) is 0 Å². The number of hydrogen-bond acceptors (Lipinski definition) is 0. The van der Waals surface area contributed by atoms with Gasteiger partial charge in [-0.1, -0.05) is 0 Å². The average Bonchev–Trinajstić information content (AvgIpc) is 3.69. The predicted octanol–water partition coefficient (Wildman–Crippen LogP) is 7.21. The van der Waals surface area contributed by atoms with Gasteiger partial charge >= 0.3 is 245 Å². The van der Waals surface area contributed by atoms with Gasteiger partial charge in [0.05, 0.1) is 0 Å². The molecule has 6 rings (SSSR count). The van der Waals surface area contributed by atoms with Gasteiger partial charge in [0.15, 0.2) is 0 Å². The van der Waals surface area contributed by atoms with E-state index in [1.807, 2.05) is 0 Å². The van der Waals surface area contributed by atoms with Crippen molar-refractivity contribution in [2.24, 2.45) is 0 Å². The van der Waals surface area contributed by atoms with E-state index in [0.29, 0.717) is 58.5 Å². The molecule has 4 heterocycles. The van der Waals surface area contributed by atoms with Gasteiger partial charge in [0, 0.05) is 0 Å². The first-order chi connectivity index (χ1) is 18.3. The van der Waals surface area contributed by atoms with Crippen molar-refractivity contribution in [3.63, 3.8) is 0 Å². The Hall–Kier alpha value is -2.21. The van der Waals surface area contributed by atoms with Crippen molar-refractivity contribution in [3.8, 4) is 18.9 Å². The summed E-state index contributed by atoms with van der Waals surface area (Å²) in [5.74, 6) is 0. The monoisotopic (exact) mass is 739 g/mol. The first-order valence-corrected chi connectivity index (χ1v) is 19.1. The first kappa shape index (κ1) is 25.1. The fourth-order valence-corrected chi connectivity index (χ4v) is 13.1. The first-order valence-electron chi connectivity index (χ1n) is 12.0. The van der Waals surface area contributed by atoms with E-state index >= 15 is 0 Å². The molecule has 0 saturated carbocycles. The molecule has 0 atom stereocenters. The maximum atomic E-state index is 2.41. The third-order valence-corrected chi connectivity index (χ3v) is 15.7. The normalized spacial score (nSPS) is 14.6. The van der Waals surface area contributed by atoms with Gasteiger partial charge in [0.25, 0.3) is 0 Å². The van der Waals surface area contributed by atoms with Crippen LogP contribution in [0.15, 0.2) is 137 Å². The van der Waals surface area contributed by atoms with Crippen molar-refractivity contribution in [3.05, 3.63) is 152 Å². The standard InChI is InChI=1S/C33H23Se4/c1-3-12-26(13-4-1)30-20-24(22-32(36-30)28-16-8-18-34-28)10-7-11-25-21-31(27-14-5-2-6-15-27)37-33(23-25)29-17-9-19-35-29/h1-23H/q+1. The van der Waals surface area contributed by atoms with Gasteiger partial charge < -0.3 is 0 Å². The summed E-state index contributed by atoms with van der Waals surface area (Å²) in [6.07, 6.45) is 11.6. The number of allylic oxidation sites excluding steroid dienone is 5. The van der Waals surface area contributed by atoms with Crippen LogP contribution in [0.25, 0.3) is 33.9 Å². The Labute approximate surface area is 242 Å². The van der Waals surface area contributed by atoms with Crippen LogP contribution in [0.4, 0.5) is 0 Å². The van der Waals surface area contributed by atoms with E-state index in [4.69, 9.17) is 0 Å². The minimum atomic E-state index is 0.331. The predicted molar refractivity (Wildman–Crippen MR) is 164 cm³/mol. The van der Waals surface area contributed by atoms with Crippen LogP contribution in [0.1, 0.15) is 15.6 Å². The third kappa shape index (κ3) is 6.27. The quantitative estimate of drug-likeness (QED) is 0.162. The Kier molecular flexibility index (Phi) is 8.20. The Balaban J connectivity index is 1.36. The molecule has 0 nitrogen and oxygen atoms in total. The Morgan fingerprint density at radius 2 is 1.24 bits per heavy atom. The molecule has 4 heteroatoms. The number of benzene rings is 2. The minimum absolute atomic E-state index is 0.331. The van der Waals surface area contributed by atoms with Crippen LogP contribution in [-0.4, -0.2) is 58.5 Å². The van der Waals surface area contributed by atoms with Crippen molar-refractivity contribution in [2.75, 3.05) is 0 Å². The van der Waals surface area contributed by atoms with Gasteiger partial charge in [-0.15, -0.1) is 0 Å². The molecule has 3 aromatic heterocycles. The summed E-state index contributed by atoms with van der Waals surface area (Å²) >= 11 is 1.58. The van der Waals surface area contributed by atoms with Crippen LogP contribution in [0, 0.1) is 0 Å². The van der Waals surface area contributed by atoms with E-state index in [0.717, 1.165) is 0 Å². The van der Waals surface area contributed by atoms with Crippen LogP contribution < -0.4 is 0 Å². The zero-order chi connectivity index (χ0) is 24.9. The van der Waals surface area contributed by atoms with E-state index in [-0.39, 0.29) is 0 Å². The summed E-state index contributed by atoms with van der Waals surface area (Å²) in [4.78, 5) is 4.64. The van der Waals surface area contributed by atoms with Crippen LogP contribution in [-0.2, 0) is 0 Å². The van der Waals surface area contributed by atoms with Crippen LogP contribution in [0.3, 0.4) is 0 Å². The van der Waals surface area contributed by atoms with Crippen molar-refractivity contribution in [1.29, 1.82) is 0 Å². The molecule has 0 amide bonds. The molecule has 37 heavy (non-hydrogen) atoms. The van der Waals surface area contributed by atoms with Gasteiger partial charge in [-0.2, -0.15) is 0 Å². The van der Waals surface area contributed by atoms with Crippen LogP contribution in [0.5, 0.6) is 0 Å². The molecule has 0 bridgehead atoms. The van der Waals surface area contributed by atoms with E-state index in [9.17, 15) is 0 Å². The summed E-state index contributed by atoms with van der Waals surface area (Å²) < 4.78 is 8.99. The molecular weight excluding hydrogens is 712 g/mol. The zero-order valence-electron chi connectivity index (χ0n) is 19.9. The molecule has 0 N–H and O–H groups in total. The molecule has 0 aliphatic carbocycles. The van der Waals surface area contributed by atoms with Crippen molar-refractivity contribution < 1.29 is 0 Å². The molecule has 2 aromatic carbocycles. The summed E-state index contributed by atoms with van der Waals surface area (Å²) in [6, 6.07) is 35.6. The van der Waals surface area contributed by atoms with Gasteiger partial charge in [0.1, 0.15) is 0 Å². The molecule has 0 radical (unpaired) electrons. The molecular formula is C33H23Se4+. The second-order valence-corrected chi connectivity index (χ2v) is 17.0. The van der Waals surface area contributed by atoms with Gasteiger partial charge in [-0.3, -0.25) is 0 Å². The Bertz CT molecular complexity index is 1600. The summed E-state index contributed by atoms with van der Waals surface area (Å²) in [5.41, 5.74) is 5.25. The summed E-state index contributed by atoms with van der Waals surface area (Å²) in [5, 5.41) is 0. The Morgan fingerprint density at radius 1 is 0.595 bits per heavy atom. The second-order valence-electron chi connectivity index (χ2n) is 8.45. The molecule has 1 aliphatic heterocycles.